The van der Waals surface area contributed by atoms with Crippen molar-refractivity contribution >= 4 is 28.8 Å². The van der Waals surface area contributed by atoms with E-state index in [2.05, 4.69) is 26.5 Å². The number of carbonyl (C=O) groups excluding carboxylic acids is 2. The maximum atomic E-state index is 13.7. The van der Waals surface area contributed by atoms with Gasteiger partial charge in [0.05, 0.1) is 19.3 Å². The van der Waals surface area contributed by atoms with Crippen molar-refractivity contribution in [1.82, 2.24) is 25.3 Å². The minimum absolute atomic E-state index is 0.207. The Morgan fingerprint density at radius 1 is 0.955 bits per heavy atom. The molecule has 0 aromatic carbocycles. The van der Waals surface area contributed by atoms with E-state index in [1.54, 1.807) is 0 Å². The second-order valence-corrected chi connectivity index (χ2v) is 14.2. The normalized spacial score (nSPS) is 22.7. The number of guanidine groups is 1. The summed E-state index contributed by atoms with van der Waals surface area (Å²) in [6.45, 7) is 7.04. The molecule has 4 rings (SSSR count). The van der Waals surface area contributed by atoms with Crippen LogP contribution in [0.2, 0.25) is 0 Å². The molecule has 2 unspecified atom stereocenters. The number of aliphatic imine (C=N–C) groups is 1. The Balaban J connectivity index is 1.37. The van der Waals surface area contributed by atoms with E-state index < -0.39 is 29.0 Å². The summed E-state index contributed by atoms with van der Waals surface area (Å²) in [5, 5.41) is 15.7. The van der Waals surface area contributed by atoms with E-state index in [4.69, 9.17) is 14.5 Å². The number of nitrogens with one attached hydrogen (secondary N) is 2. The van der Waals surface area contributed by atoms with Crippen molar-refractivity contribution < 1.29 is 23.3 Å². The van der Waals surface area contributed by atoms with Gasteiger partial charge in [-0.15, -0.1) is 0 Å². The number of nitrogens with zero attached hydrogens (tertiary/aromatic N) is 5. The molecule has 44 heavy (non-hydrogen) atoms. The molecular formula is C31H53N7O5S. The quantitative estimate of drug-likeness (QED) is 0.230. The second-order valence-electron chi connectivity index (χ2n) is 12.5. The molecule has 248 valence electrons. The number of hydrogen-bond donors (Lipinski definition) is 2. The van der Waals surface area contributed by atoms with Gasteiger partial charge in [-0.3, -0.25) is 19.2 Å². The number of morpholine rings is 1. The van der Waals surface area contributed by atoms with E-state index in [-0.39, 0.29) is 12.5 Å². The predicted octanol–water partition coefficient (Wildman–Crippen LogP) is 2.08. The molecule has 0 bridgehead atoms. The smallest absolute Gasteiger partial charge is 0.414 e. The van der Waals surface area contributed by atoms with Crippen LogP contribution in [-0.4, -0.2) is 133 Å². The van der Waals surface area contributed by atoms with Gasteiger partial charge < -0.3 is 24.6 Å². The predicted molar refractivity (Wildman–Crippen MR) is 171 cm³/mol. The zero-order valence-corrected chi connectivity index (χ0v) is 27.2. The molecule has 12 nitrogen and oxygen atoms in total. The zero-order chi connectivity index (χ0) is 31.0. The van der Waals surface area contributed by atoms with Crippen LogP contribution in [0.1, 0.15) is 70.6 Å². The molecule has 4 aliphatic rings. The van der Waals surface area contributed by atoms with Gasteiger partial charge in [0.1, 0.15) is 18.7 Å². The number of hydrogen-bond acceptors (Lipinski definition) is 9. The Morgan fingerprint density at radius 3 is 2.36 bits per heavy atom. The molecule has 3 heterocycles. The van der Waals surface area contributed by atoms with Crippen LogP contribution in [0.4, 0.5) is 4.79 Å². The van der Waals surface area contributed by atoms with E-state index >= 15 is 0 Å². The van der Waals surface area contributed by atoms with Gasteiger partial charge in [-0.05, 0) is 44.7 Å². The molecule has 1 aliphatic carbocycles. The average molecular weight is 636 g/mol. The van der Waals surface area contributed by atoms with Crippen LogP contribution < -0.4 is 10.6 Å². The highest BCUT2D eigenvalue weighted by Crippen LogP contribution is 2.28. The summed E-state index contributed by atoms with van der Waals surface area (Å²) < 4.78 is 22.6. The first-order valence-corrected chi connectivity index (χ1v) is 18.3. The van der Waals surface area contributed by atoms with E-state index in [0.717, 1.165) is 64.3 Å². The summed E-state index contributed by atoms with van der Waals surface area (Å²) in [6.07, 6.45) is 11.3. The minimum Gasteiger partial charge on any atom is -0.448 e. The van der Waals surface area contributed by atoms with E-state index in [1.165, 1.54) is 32.1 Å². The number of carbonyl (C=O) groups is 2. The lowest BCUT2D eigenvalue weighted by molar-refractivity contribution is -0.122. The molecule has 4 fully saturated rings. The molecule has 13 heteroatoms. The lowest BCUT2D eigenvalue weighted by Crippen LogP contribution is -2.51. The first kappa shape index (κ1) is 34.6. The Labute approximate surface area is 265 Å². The number of nitriles is 1. The molecule has 0 aromatic heterocycles. The maximum absolute atomic E-state index is 13.7. The van der Waals surface area contributed by atoms with Gasteiger partial charge in [-0.2, -0.15) is 5.26 Å². The number of alkyl carbamates (subject to hydrolysis) is 1. The summed E-state index contributed by atoms with van der Waals surface area (Å²) in [7, 11) is -0.754. The molecule has 2 N–H and O–H groups in total. The van der Waals surface area contributed by atoms with Crippen molar-refractivity contribution in [3.63, 3.8) is 0 Å². The largest absolute Gasteiger partial charge is 0.448 e. The van der Waals surface area contributed by atoms with Crippen LogP contribution >= 0.6 is 0 Å². The van der Waals surface area contributed by atoms with E-state index in [0.29, 0.717) is 63.2 Å². The van der Waals surface area contributed by atoms with Gasteiger partial charge >= 0.3 is 6.09 Å². The van der Waals surface area contributed by atoms with Crippen molar-refractivity contribution in [3.05, 3.63) is 0 Å². The number of likely N-dealkylation sites (tertiary alicyclic amines) is 1. The molecule has 0 radical (unpaired) electrons. The molecule has 3 aliphatic heterocycles. The molecule has 0 aromatic rings. The van der Waals surface area contributed by atoms with E-state index in [9.17, 15) is 19.1 Å². The Morgan fingerprint density at radius 2 is 1.66 bits per heavy atom. The second kappa shape index (κ2) is 19.3. The molecular weight excluding hydrogens is 582 g/mol. The summed E-state index contributed by atoms with van der Waals surface area (Å²) in [6, 6.07) is 0.981. The average Bonchev–Trinajstić information content (AvgIpc) is 3.57. The van der Waals surface area contributed by atoms with Crippen LogP contribution in [0.25, 0.3) is 0 Å². The molecule has 3 saturated heterocycles. The Hall–Kier alpha value is -2.27. The SMILES string of the molecule is N#CC(CCCC1CCCCC1)NC(=O)C(CCN1CCCC1)N=C(NC(=O)OCCN1CCS(=O)CC1)N1CCOCC1. The van der Waals surface area contributed by atoms with Crippen LogP contribution in [0.5, 0.6) is 0 Å². The van der Waals surface area contributed by atoms with Crippen molar-refractivity contribution in [1.29, 1.82) is 5.26 Å². The highest BCUT2D eigenvalue weighted by atomic mass is 32.2. The third-order valence-electron chi connectivity index (χ3n) is 9.24. The fourth-order valence-electron chi connectivity index (χ4n) is 6.50. The van der Waals surface area contributed by atoms with Crippen LogP contribution in [0, 0.1) is 17.2 Å². The van der Waals surface area contributed by atoms with Crippen LogP contribution in [-0.2, 0) is 25.1 Å². The van der Waals surface area contributed by atoms with Gasteiger partial charge in [0.2, 0.25) is 11.9 Å². The first-order valence-electron chi connectivity index (χ1n) is 16.8. The molecule has 1 saturated carbocycles. The van der Waals surface area contributed by atoms with E-state index in [1.807, 2.05) is 4.90 Å². The number of amides is 2. The van der Waals surface area contributed by atoms with Gasteiger partial charge in [0.15, 0.2) is 0 Å². The van der Waals surface area contributed by atoms with Crippen LogP contribution in [0.3, 0.4) is 0 Å². The lowest BCUT2D eigenvalue weighted by Gasteiger charge is -2.31. The highest BCUT2D eigenvalue weighted by Gasteiger charge is 2.27. The Kier molecular flexibility index (Phi) is 15.2. The monoisotopic (exact) mass is 635 g/mol. The molecule has 0 spiro atoms. The summed E-state index contributed by atoms with van der Waals surface area (Å²) in [5.41, 5.74) is 0. The summed E-state index contributed by atoms with van der Waals surface area (Å²) in [4.78, 5) is 37.8. The summed E-state index contributed by atoms with van der Waals surface area (Å²) >= 11 is 0. The standard InChI is InChI=1S/C31H53N7O5S/c32-25-27(10-6-9-26-7-2-1-3-8-26)33-29(39)28(11-14-36-12-4-5-13-36)34-30(38-16-20-42-21-17-38)35-31(40)43-22-15-37-18-23-44(41)24-19-37/h26-28H,1-24H2,(H,33,39)(H,34,35,40). The van der Waals surface area contributed by atoms with Gasteiger partial charge in [-0.25, -0.2) is 9.79 Å². The molecule has 2 amide bonds. The first-order chi connectivity index (χ1) is 21.5. The van der Waals surface area contributed by atoms with Gasteiger partial charge in [0.25, 0.3) is 0 Å². The number of rotatable bonds is 13. The Bertz CT molecular complexity index is 980. The topological polar surface area (TPSA) is 140 Å². The minimum atomic E-state index is -0.754. The zero-order valence-electron chi connectivity index (χ0n) is 26.4. The van der Waals surface area contributed by atoms with Crippen molar-refractivity contribution in [3.8, 4) is 6.07 Å². The molecule has 2 atom stereocenters. The van der Waals surface area contributed by atoms with Gasteiger partial charge in [0, 0.05) is 61.6 Å². The lowest BCUT2D eigenvalue weighted by atomic mass is 9.85. The maximum Gasteiger partial charge on any atom is 0.414 e. The van der Waals surface area contributed by atoms with Crippen molar-refractivity contribution in [2.75, 3.05) is 83.7 Å². The van der Waals surface area contributed by atoms with Crippen LogP contribution in [0.15, 0.2) is 4.99 Å². The van der Waals surface area contributed by atoms with Crippen molar-refractivity contribution in [2.24, 2.45) is 10.9 Å². The highest BCUT2D eigenvalue weighted by molar-refractivity contribution is 7.85. The fraction of sp³-hybridized carbons (Fsp3) is 0.871. The third-order valence-corrected chi connectivity index (χ3v) is 10.5. The van der Waals surface area contributed by atoms with Crippen molar-refractivity contribution in [2.45, 2.75) is 82.7 Å². The summed E-state index contributed by atoms with van der Waals surface area (Å²) in [5.74, 6) is 2.06. The third kappa shape index (κ3) is 12.3. The number of ether oxygens (including phenoxy) is 2. The van der Waals surface area contributed by atoms with Gasteiger partial charge in [-0.1, -0.05) is 44.9 Å². The fourth-order valence-corrected chi connectivity index (χ4v) is 7.63.